The first kappa shape index (κ1) is 27.8. The van der Waals surface area contributed by atoms with Gasteiger partial charge in [0.1, 0.15) is 23.4 Å². The lowest BCUT2D eigenvalue weighted by molar-refractivity contribution is -0.118. The van der Waals surface area contributed by atoms with E-state index in [1.54, 1.807) is 18.3 Å². The van der Waals surface area contributed by atoms with Gasteiger partial charge in [-0.15, -0.1) is 0 Å². The van der Waals surface area contributed by atoms with Crippen molar-refractivity contribution in [2.75, 3.05) is 19.0 Å². The minimum atomic E-state index is -0.414. The van der Waals surface area contributed by atoms with E-state index in [0.717, 1.165) is 25.0 Å². The summed E-state index contributed by atoms with van der Waals surface area (Å²) in [7, 11) is 1.48. The molecule has 1 fully saturated rings. The number of benzene rings is 1. The number of phenolic OH excluding ortho intramolecular Hbond substituents is 1. The Kier molecular flexibility index (Phi) is 9.76. The number of aromatic hydroxyl groups is 1. The molecular formula is C26H37N5O6. The van der Waals surface area contributed by atoms with Crippen LogP contribution in [0.25, 0.3) is 0 Å². The Balaban J connectivity index is 1.56. The van der Waals surface area contributed by atoms with Gasteiger partial charge in [-0.05, 0) is 46.5 Å². The van der Waals surface area contributed by atoms with Gasteiger partial charge in [-0.25, -0.2) is 4.79 Å². The smallest absolute Gasteiger partial charge is 0.407 e. The number of alkyl carbamates (subject to hydrolysis) is 1. The van der Waals surface area contributed by atoms with E-state index in [1.165, 1.54) is 13.2 Å². The number of H-pyrrole nitrogens is 1. The first-order chi connectivity index (χ1) is 17.7. The number of anilines is 1. The summed E-state index contributed by atoms with van der Waals surface area (Å²) in [5, 5.41) is 23.0. The van der Waals surface area contributed by atoms with E-state index in [9.17, 15) is 14.7 Å². The van der Waals surface area contributed by atoms with Gasteiger partial charge in [-0.1, -0.05) is 6.92 Å². The van der Waals surface area contributed by atoms with Gasteiger partial charge in [0.15, 0.2) is 12.4 Å². The van der Waals surface area contributed by atoms with E-state index in [0.29, 0.717) is 23.6 Å². The number of nitrogens with one attached hydrogen (secondary N) is 3. The highest BCUT2D eigenvalue weighted by Gasteiger charge is 2.30. The average molecular weight is 516 g/mol. The fourth-order valence-electron chi connectivity index (χ4n) is 3.94. The molecule has 1 aliphatic rings. The number of carbonyl (C=O) groups excluding carboxylic acids is 2. The predicted octanol–water partition coefficient (Wildman–Crippen LogP) is 4.13. The van der Waals surface area contributed by atoms with E-state index in [4.69, 9.17) is 14.2 Å². The fourth-order valence-corrected chi connectivity index (χ4v) is 3.94. The summed E-state index contributed by atoms with van der Waals surface area (Å²) in [6, 6.07) is 4.93. The molecule has 1 aliphatic carbocycles. The van der Waals surface area contributed by atoms with Crippen LogP contribution in [0.4, 0.5) is 10.6 Å². The molecule has 11 nitrogen and oxygen atoms in total. The van der Waals surface area contributed by atoms with Crippen LogP contribution in [0.5, 0.6) is 17.2 Å². The number of rotatable bonds is 11. The van der Waals surface area contributed by atoms with Gasteiger partial charge in [0.05, 0.1) is 12.7 Å². The number of phenols is 1. The maximum absolute atomic E-state index is 12.6. The molecule has 3 rings (SSSR count). The van der Waals surface area contributed by atoms with E-state index in [2.05, 4.69) is 25.8 Å². The minimum absolute atomic E-state index is 0.0199. The summed E-state index contributed by atoms with van der Waals surface area (Å²) >= 11 is 0. The summed E-state index contributed by atoms with van der Waals surface area (Å²) in [6.07, 6.45) is 4.12. The molecule has 37 heavy (non-hydrogen) atoms. The third-order valence-corrected chi connectivity index (χ3v) is 6.11. The van der Waals surface area contributed by atoms with E-state index in [-0.39, 0.29) is 42.2 Å². The molecule has 1 aromatic heterocycles. The first-order valence-corrected chi connectivity index (χ1v) is 12.6. The van der Waals surface area contributed by atoms with Gasteiger partial charge in [0, 0.05) is 48.1 Å². The molecule has 1 unspecified atom stereocenters. The Morgan fingerprint density at radius 1 is 1.27 bits per heavy atom. The highest BCUT2D eigenvalue weighted by Crippen LogP contribution is 2.36. The molecule has 3 atom stereocenters. The Bertz CT molecular complexity index is 1100. The van der Waals surface area contributed by atoms with Gasteiger partial charge >= 0.3 is 6.09 Å². The van der Waals surface area contributed by atoms with Crippen molar-refractivity contribution in [3.8, 4) is 17.2 Å². The third-order valence-electron chi connectivity index (χ3n) is 6.11. The van der Waals surface area contributed by atoms with E-state index in [1.807, 2.05) is 27.7 Å². The minimum Gasteiger partial charge on any atom is -0.507 e. The topological polar surface area (TPSA) is 147 Å². The van der Waals surface area contributed by atoms with Crippen LogP contribution in [0.15, 0.2) is 23.2 Å². The molecule has 11 heteroatoms. The van der Waals surface area contributed by atoms with Crippen molar-refractivity contribution in [3.05, 3.63) is 29.5 Å². The van der Waals surface area contributed by atoms with Gasteiger partial charge in [-0.3, -0.25) is 14.9 Å². The second-order valence-electron chi connectivity index (χ2n) is 9.48. The number of ether oxygens (including phenoxy) is 3. The van der Waals surface area contributed by atoms with Crippen LogP contribution < -0.4 is 20.1 Å². The number of hydrogen-bond donors (Lipinski definition) is 4. The van der Waals surface area contributed by atoms with Crippen LogP contribution in [-0.2, 0) is 9.53 Å². The first-order valence-electron chi connectivity index (χ1n) is 12.6. The van der Waals surface area contributed by atoms with E-state index < -0.39 is 12.0 Å². The van der Waals surface area contributed by atoms with Crippen molar-refractivity contribution >= 4 is 24.0 Å². The molecule has 2 aromatic rings. The number of aromatic amines is 1. The highest BCUT2D eigenvalue weighted by molar-refractivity contribution is 5.92. The van der Waals surface area contributed by atoms with Gasteiger partial charge in [-0.2, -0.15) is 5.10 Å². The summed E-state index contributed by atoms with van der Waals surface area (Å²) in [5.74, 6) is 0.727. The Morgan fingerprint density at radius 3 is 2.76 bits per heavy atom. The highest BCUT2D eigenvalue weighted by atomic mass is 16.6. The molecule has 1 heterocycles. The lowest BCUT2D eigenvalue weighted by Crippen LogP contribution is -2.33. The van der Waals surface area contributed by atoms with Crippen molar-refractivity contribution in [3.63, 3.8) is 0 Å². The van der Waals surface area contributed by atoms with Crippen LogP contribution in [0.3, 0.4) is 0 Å². The summed E-state index contributed by atoms with van der Waals surface area (Å²) in [4.78, 5) is 28.8. The summed E-state index contributed by atoms with van der Waals surface area (Å²) in [5.41, 5.74) is 1.24. The number of hydrogen-bond acceptors (Lipinski definition) is 8. The Morgan fingerprint density at radius 2 is 2.05 bits per heavy atom. The molecule has 0 spiro atoms. The number of carbonyl (C=O) groups is 2. The zero-order chi connectivity index (χ0) is 26.9. The van der Waals surface area contributed by atoms with Crippen molar-refractivity contribution in [2.24, 2.45) is 4.99 Å². The third kappa shape index (κ3) is 8.12. The van der Waals surface area contributed by atoms with Gasteiger partial charge in [0.2, 0.25) is 0 Å². The normalized spacial score (nSPS) is 18.1. The second kappa shape index (κ2) is 13.0. The number of aliphatic imine (C=N–C) groups is 1. The lowest BCUT2D eigenvalue weighted by Gasteiger charge is -2.14. The molecular weight excluding hydrogens is 478 g/mol. The largest absolute Gasteiger partial charge is 0.507 e. The monoisotopic (exact) mass is 515 g/mol. The predicted molar refractivity (Wildman–Crippen MR) is 140 cm³/mol. The molecule has 0 saturated heterocycles. The molecule has 0 bridgehead atoms. The Hall–Kier alpha value is -3.76. The van der Waals surface area contributed by atoms with Crippen molar-refractivity contribution in [1.29, 1.82) is 0 Å². The summed E-state index contributed by atoms with van der Waals surface area (Å²) < 4.78 is 16.4. The molecule has 1 aromatic carbocycles. The van der Waals surface area contributed by atoms with E-state index >= 15 is 0 Å². The number of amides is 2. The SMILES string of the molecule is CC[C@H](C)N=Cc1c(O)cc(OC)cc1OCC(=O)Nc1cc(C2CC[C@@H](OC(=O)NC(C)C)C2)[nH]n1. The molecule has 2 amide bonds. The van der Waals surface area contributed by atoms with Crippen LogP contribution in [0.2, 0.25) is 0 Å². The number of nitrogens with zero attached hydrogens (tertiary/aromatic N) is 2. The van der Waals surface area contributed by atoms with Crippen LogP contribution in [0, 0.1) is 0 Å². The zero-order valence-electron chi connectivity index (χ0n) is 22.0. The van der Waals surface area contributed by atoms with Gasteiger partial charge in [0.25, 0.3) is 5.91 Å². The summed E-state index contributed by atoms with van der Waals surface area (Å²) in [6.45, 7) is 7.44. The molecule has 1 saturated carbocycles. The standard InChI is InChI=1S/C26H37N5O6/c1-6-16(4)27-13-20-22(32)10-19(35-5)11-23(20)36-14-25(33)29-24-12-21(30-31-24)17-7-8-18(9-17)37-26(34)28-15(2)3/h10-13,15-18,32H,6-9,14H2,1-5H3,(H,28,34)(H2,29,30,31,33)/t16-,17?,18+/m0/s1. The van der Waals surface area contributed by atoms with Crippen molar-refractivity contribution in [2.45, 2.75) is 77.5 Å². The number of methoxy groups -OCH3 is 1. The van der Waals surface area contributed by atoms with Crippen LogP contribution >= 0.6 is 0 Å². The molecule has 0 radical (unpaired) electrons. The zero-order valence-corrected chi connectivity index (χ0v) is 22.0. The number of aromatic nitrogens is 2. The molecule has 4 N–H and O–H groups in total. The second-order valence-corrected chi connectivity index (χ2v) is 9.48. The van der Waals surface area contributed by atoms with Crippen molar-refractivity contribution < 1.29 is 28.9 Å². The maximum Gasteiger partial charge on any atom is 0.407 e. The quantitative estimate of drug-likeness (QED) is 0.329. The molecule has 202 valence electrons. The van der Waals surface area contributed by atoms with Gasteiger partial charge < -0.3 is 30.0 Å². The maximum atomic E-state index is 12.6. The molecule has 0 aliphatic heterocycles. The van der Waals surface area contributed by atoms with Crippen molar-refractivity contribution in [1.82, 2.24) is 15.5 Å². The van der Waals surface area contributed by atoms with Crippen LogP contribution in [0.1, 0.15) is 70.6 Å². The fraction of sp³-hybridized carbons (Fsp3) is 0.538. The lowest BCUT2D eigenvalue weighted by atomic mass is 10.0. The average Bonchev–Trinajstić information content (AvgIpc) is 3.50. The Labute approximate surface area is 217 Å². The van der Waals surface area contributed by atoms with Crippen LogP contribution in [-0.4, -0.2) is 65.4 Å².